The van der Waals surface area contributed by atoms with E-state index < -0.39 is 5.63 Å². The Kier molecular flexibility index (Phi) is 5.26. The second-order valence-electron chi connectivity index (χ2n) is 7.14. The third-order valence-corrected chi connectivity index (χ3v) is 5.29. The molecule has 0 radical (unpaired) electrons. The van der Waals surface area contributed by atoms with Crippen molar-refractivity contribution in [3.63, 3.8) is 0 Å². The number of nitrogens with zero attached hydrogens (tertiary/aromatic N) is 2. The Labute approximate surface area is 164 Å². The molecule has 28 heavy (non-hydrogen) atoms. The molecule has 3 aromatic rings. The molecule has 2 aromatic carbocycles. The first kappa shape index (κ1) is 18.4. The monoisotopic (exact) mass is 376 g/mol. The van der Waals surface area contributed by atoms with E-state index >= 15 is 0 Å². The van der Waals surface area contributed by atoms with Crippen LogP contribution in [0.3, 0.4) is 0 Å². The maximum absolute atomic E-state index is 13.3. The molecule has 0 saturated carbocycles. The van der Waals surface area contributed by atoms with Crippen molar-refractivity contribution in [2.45, 2.75) is 13.3 Å². The number of carbonyl (C=O) groups excluding carboxylic acids is 1. The number of amides is 1. The Bertz CT molecular complexity index is 1030. The number of piperazine rings is 1. The van der Waals surface area contributed by atoms with E-state index in [0.29, 0.717) is 24.0 Å². The summed E-state index contributed by atoms with van der Waals surface area (Å²) in [5.74, 6) is -0.0725. The zero-order valence-electron chi connectivity index (χ0n) is 16.1. The summed E-state index contributed by atoms with van der Waals surface area (Å²) in [5, 5.41) is 1.24. The minimum absolute atomic E-state index is 0.138. The van der Waals surface area contributed by atoms with Crippen molar-refractivity contribution < 1.29 is 9.21 Å². The Balaban J connectivity index is 1.79. The first-order valence-electron chi connectivity index (χ1n) is 9.82. The molecule has 0 atom stereocenters. The highest BCUT2D eigenvalue weighted by Gasteiger charge is 2.28. The number of hydrogen-bond donors (Lipinski definition) is 0. The Morgan fingerprint density at radius 2 is 1.57 bits per heavy atom. The van der Waals surface area contributed by atoms with Gasteiger partial charge in [0.2, 0.25) is 5.76 Å². The molecule has 0 unspecified atom stereocenters. The molecule has 144 valence electrons. The molecule has 1 fully saturated rings. The van der Waals surface area contributed by atoms with Crippen LogP contribution in [0.4, 0.5) is 0 Å². The van der Waals surface area contributed by atoms with Gasteiger partial charge in [0.25, 0.3) is 5.91 Å². The second-order valence-corrected chi connectivity index (χ2v) is 7.14. The Hall–Kier alpha value is -2.92. The average Bonchev–Trinajstić information content (AvgIpc) is 2.74. The van der Waals surface area contributed by atoms with Gasteiger partial charge in [0.1, 0.15) is 0 Å². The summed E-state index contributed by atoms with van der Waals surface area (Å²) in [7, 11) is 0. The van der Waals surface area contributed by atoms with Crippen molar-refractivity contribution in [3.05, 3.63) is 70.8 Å². The molecule has 5 heteroatoms. The fourth-order valence-electron chi connectivity index (χ4n) is 3.88. The van der Waals surface area contributed by atoms with Crippen molar-refractivity contribution >= 4 is 16.7 Å². The molecule has 1 aliphatic rings. The predicted molar refractivity (Wildman–Crippen MR) is 111 cm³/mol. The van der Waals surface area contributed by atoms with Gasteiger partial charge in [0.15, 0.2) is 0 Å². The fourth-order valence-corrected chi connectivity index (χ4v) is 3.88. The van der Waals surface area contributed by atoms with Gasteiger partial charge >= 0.3 is 5.63 Å². The number of carbonyl (C=O) groups is 1. The first-order chi connectivity index (χ1) is 13.7. The molecule has 1 amide bonds. The van der Waals surface area contributed by atoms with E-state index in [2.05, 4.69) is 11.8 Å². The molecule has 4 rings (SSSR count). The van der Waals surface area contributed by atoms with Crippen molar-refractivity contribution in [1.82, 2.24) is 9.80 Å². The quantitative estimate of drug-likeness (QED) is 0.698. The zero-order chi connectivity index (χ0) is 19.5. The van der Waals surface area contributed by atoms with Gasteiger partial charge in [0.05, 0.1) is 5.39 Å². The second kappa shape index (κ2) is 7.98. The van der Waals surface area contributed by atoms with Crippen LogP contribution >= 0.6 is 0 Å². The Morgan fingerprint density at radius 1 is 0.929 bits per heavy atom. The lowest BCUT2D eigenvalue weighted by Crippen LogP contribution is -2.49. The van der Waals surface area contributed by atoms with Crippen LogP contribution in [0.15, 0.2) is 63.8 Å². The lowest BCUT2D eigenvalue weighted by Gasteiger charge is -2.34. The van der Waals surface area contributed by atoms with Gasteiger partial charge in [0, 0.05) is 37.1 Å². The Morgan fingerprint density at radius 3 is 2.25 bits per heavy atom. The molecule has 0 N–H and O–H groups in total. The van der Waals surface area contributed by atoms with Crippen molar-refractivity contribution in [2.75, 3.05) is 32.7 Å². The summed E-state index contributed by atoms with van der Waals surface area (Å²) in [6.45, 7) is 6.18. The molecule has 0 spiro atoms. The van der Waals surface area contributed by atoms with Gasteiger partial charge in [-0.1, -0.05) is 55.5 Å². The van der Waals surface area contributed by atoms with Crippen molar-refractivity contribution in [1.29, 1.82) is 0 Å². The molecule has 1 saturated heterocycles. The van der Waals surface area contributed by atoms with Crippen molar-refractivity contribution in [2.24, 2.45) is 0 Å². The van der Waals surface area contributed by atoms with Crippen LogP contribution in [0.2, 0.25) is 0 Å². The van der Waals surface area contributed by atoms with Crippen LogP contribution in [-0.4, -0.2) is 48.4 Å². The number of benzene rings is 2. The SMILES string of the molecule is CCCN1CCN(C(=O)c2oc(=O)c3ccccc3c2-c2ccccc2)CC1. The lowest BCUT2D eigenvalue weighted by atomic mass is 9.98. The summed E-state index contributed by atoms with van der Waals surface area (Å²) in [6.07, 6.45) is 1.10. The van der Waals surface area contributed by atoms with Crippen LogP contribution in [0, 0.1) is 0 Å². The highest BCUT2D eigenvalue weighted by molar-refractivity contribution is 6.07. The van der Waals surface area contributed by atoms with Crippen LogP contribution in [-0.2, 0) is 0 Å². The van der Waals surface area contributed by atoms with E-state index in [-0.39, 0.29) is 11.7 Å². The number of fused-ring (bicyclic) bond motifs is 1. The van der Waals surface area contributed by atoms with Crippen LogP contribution in [0.5, 0.6) is 0 Å². The standard InChI is InChI=1S/C23H24N2O3/c1-2-12-24-13-15-25(16-14-24)22(26)21-20(17-8-4-3-5-9-17)18-10-6-7-11-19(18)23(27)28-21/h3-11H,2,12-16H2,1H3. The summed E-state index contributed by atoms with van der Waals surface area (Å²) < 4.78 is 5.61. The molecule has 0 aliphatic carbocycles. The highest BCUT2D eigenvalue weighted by Crippen LogP contribution is 2.31. The van der Waals surface area contributed by atoms with E-state index in [4.69, 9.17) is 4.42 Å². The van der Waals surface area contributed by atoms with Gasteiger partial charge in [-0.3, -0.25) is 9.69 Å². The molecule has 5 nitrogen and oxygen atoms in total. The summed E-state index contributed by atoms with van der Waals surface area (Å²) in [5.41, 5.74) is 1.09. The molecular formula is C23H24N2O3. The van der Waals surface area contributed by atoms with Crippen molar-refractivity contribution in [3.8, 4) is 11.1 Å². The normalized spacial score (nSPS) is 15.1. The zero-order valence-corrected chi connectivity index (χ0v) is 16.1. The molecular weight excluding hydrogens is 352 g/mol. The third-order valence-electron chi connectivity index (χ3n) is 5.29. The minimum Gasteiger partial charge on any atom is -0.416 e. The molecule has 1 aromatic heterocycles. The average molecular weight is 376 g/mol. The van der Waals surface area contributed by atoms with E-state index in [0.717, 1.165) is 37.0 Å². The van der Waals surface area contributed by atoms with Crippen LogP contribution in [0.25, 0.3) is 21.9 Å². The summed E-state index contributed by atoms with van der Waals surface area (Å²) in [6, 6.07) is 17.0. The van der Waals surface area contributed by atoms with E-state index in [1.807, 2.05) is 48.5 Å². The van der Waals surface area contributed by atoms with E-state index in [1.54, 1.807) is 11.0 Å². The third kappa shape index (κ3) is 3.45. The topological polar surface area (TPSA) is 53.8 Å². The minimum atomic E-state index is -0.469. The summed E-state index contributed by atoms with van der Waals surface area (Å²) in [4.78, 5) is 30.0. The molecule has 0 bridgehead atoms. The number of rotatable bonds is 4. The largest absolute Gasteiger partial charge is 0.416 e. The maximum atomic E-state index is 13.3. The predicted octanol–water partition coefficient (Wildman–Crippen LogP) is 3.63. The van der Waals surface area contributed by atoms with Gasteiger partial charge in [-0.25, -0.2) is 4.79 Å². The maximum Gasteiger partial charge on any atom is 0.344 e. The van der Waals surface area contributed by atoms with Gasteiger partial charge in [-0.2, -0.15) is 0 Å². The van der Waals surface area contributed by atoms with Gasteiger partial charge in [-0.05, 0) is 24.6 Å². The summed E-state index contributed by atoms with van der Waals surface area (Å²) >= 11 is 0. The molecule has 2 heterocycles. The fraction of sp³-hybridized carbons (Fsp3) is 0.304. The van der Waals surface area contributed by atoms with Gasteiger partial charge in [-0.15, -0.1) is 0 Å². The number of hydrogen-bond acceptors (Lipinski definition) is 4. The molecule has 1 aliphatic heterocycles. The van der Waals surface area contributed by atoms with Gasteiger partial charge < -0.3 is 9.32 Å². The lowest BCUT2D eigenvalue weighted by molar-refractivity contribution is 0.0604. The smallest absolute Gasteiger partial charge is 0.344 e. The van der Waals surface area contributed by atoms with E-state index in [1.165, 1.54) is 0 Å². The van der Waals surface area contributed by atoms with Crippen LogP contribution < -0.4 is 5.63 Å². The van der Waals surface area contributed by atoms with E-state index in [9.17, 15) is 9.59 Å². The highest BCUT2D eigenvalue weighted by atomic mass is 16.4. The first-order valence-corrected chi connectivity index (χ1v) is 9.82. The van der Waals surface area contributed by atoms with Crippen LogP contribution in [0.1, 0.15) is 23.9 Å².